The van der Waals surface area contributed by atoms with Crippen LogP contribution >= 0.6 is 0 Å². The first-order chi connectivity index (χ1) is 6.91. The monoisotopic (exact) mass is 209 g/mol. The predicted molar refractivity (Wildman–Crippen MR) is 62.3 cm³/mol. The highest BCUT2D eigenvalue weighted by Crippen LogP contribution is 2.25. The maximum Gasteiger partial charge on any atom is 0.128 e. The lowest BCUT2D eigenvalue weighted by Crippen LogP contribution is -2.16. The van der Waals surface area contributed by atoms with E-state index in [1.165, 1.54) is 0 Å². The molecule has 1 rings (SSSR count). The summed E-state index contributed by atoms with van der Waals surface area (Å²) in [4.78, 5) is 0. The van der Waals surface area contributed by atoms with E-state index in [0.717, 1.165) is 17.5 Å². The molecule has 0 saturated heterocycles. The fourth-order valence-electron chi connectivity index (χ4n) is 2.02. The van der Waals surface area contributed by atoms with Gasteiger partial charge >= 0.3 is 0 Å². The van der Waals surface area contributed by atoms with Crippen molar-refractivity contribution in [2.24, 2.45) is 11.7 Å². The molecular formula is C13H20FN. The molecule has 0 amide bonds. The minimum Gasteiger partial charge on any atom is -0.324 e. The Morgan fingerprint density at radius 2 is 1.87 bits per heavy atom. The van der Waals surface area contributed by atoms with Gasteiger partial charge in [0.15, 0.2) is 0 Å². The van der Waals surface area contributed by atoms with Gasteiger partial charge in [0.2, 0.25) is 0 Å². The molecule has 0 saturated carbocycles. The van der Waals surface area contributed by atoms with Gasteiger partial charge in [-0.1, -0.05) is 19.9 Å². The molecule has 1 aromatic rings. The molecule has 0 radical (unpaired) electrons. The number of hydrogen-bond donors (Lipinski definition) is 1. The van der Waals surface area contributed by atoms with Crippen molar-refractivity contribution in [3.8, 4) is 0 Å². The second-order valence-corrected chi connectivity index (χ2v) is 4.71. The molecule has 0 fully saturated rings. The Kier molecular flexibility index (Phi) is 3.86. The van der Waals surface area contributed by atoms with E-state index in [9.17, 15) is 4.39 Å². The smallest absolute Gasteiger partial charge is 0.128 e. The molecular weight excluding hydrogens is 189 g/mol. The van der Waals surface area contributed by atoms with Crippen LogP contribution in [-0.2, 0) is 0 Å². The Bertz CT molecular complexity index is 321. The van der Waals surface area contributed by atoms with Gasteiger partial charge in [-0.25, -0.2) is 4.39 Å². The Labute approximate surface area is 91.5 Å². The van der Waals surface area contributed by atoms with E-state index in [1.54, 1.807) is 6.07 Å². The van der Waals surface area contributed by atoms with Crippen molar-refractivity contribution in [3.05, 3.63) is 34.6 Å². The summed E-state index contributed by atoms with van der Waals surface area (Å²) in [5, 5.41) is 0. The SMILES string of the molecule is Cc1cc(C)c(C(N)CC(C)C)c(F)c1. The lowest BCUT2D eigenvalue weighted by Gasteiger charge is -2.18. The first-order valence-electron chi connectivity index (χ1n) is 5.44. The van der Waals surface area contributed by atoms with Crippen LogP contribution in [0.1, 0.15) is 43.0 Å². The molecule has 0 aliphatic rings. The number of benzene rings is 1. The van der Waals surface area contributed by atoms with Gasteiger partial charge in [0.25, 0.3) is 0 Å². The largest absolute Gasteiger partial charge is 0.324 e. The van der Waals surface area contributed by atoms with E-state index in [0.29, 0.717) is 11.5 Å². The van der Waals surface area contributed by atoms with Crippen LogP contribution in [0.15, 0.2) is 12.1 Å². The lowest BCUT2D eigenvalue weighted by atomic mass is 9.93. The predicted octanol–water partition coefficient (Wildman–Crippen LogP) is 3.49. The average Bonchev–Trinajstić information content (AvgIpc) is 1.99. The van der Waals surface area contributed by atoms with Crippen LogP contribution in [0.2, 0.25) is 0 Å². The van der Waals surface area contributed by atoms with E-state index >= 15 is 0 Å². The number of halogens is 1. The van der Waals surface area contributed by atoms with E-state index in [1.807, 2.05) is 19.9 Å². The highest BCUT2D eigenvalue weighted by atomic mass is 19.1. The van der Waals surface area contributed by atoms with Crippen molar-refractivity contribution in [1.82, 2.24) is 0 Å². The van der Waals surface area contributed by atoms with E-state index in [2.05, 4.69) is 13.8 Å². The van der Waals surface area contributed by atoms with Gasteiger partial charge in [-0.05, 0) is 43.4 Å². The quantitative estimate of drug-likeness (QED) is 0.810. The standard InChI is InChI=1S/C13H20FN/c1-8(2)5-12(15)13-10(4)6-9(3)7-11(13)14/h6-8,12H,5,15H2,1-4H3. The second-order valence-electron chi connectivity index (χ2n) is 4.71. The Balaban J connectivity index is 3.03. The van der Waals surface area contributed by atoms with Gasteiger partial charge in [0.1, 0.15) is 5.82 Å². The molecule has 0 spiro atoms. The third kappa shape index (κ3) is 3.03. The summed E-state index contributed by atoms with van der Waals surface area (Å²) in [5.74, 6) is 0.320. The second kappa shape index (κ2) is 4.75. The summed E-state index contributed by atoms with van der Waals surface area (Å²) < 4.78 is 13.7. The number of rotatable bonds is 3. The summed E-state index contributed by atoms with van der Waals surface area (Å²) in [6.07, 6.45) is 0.820. The van der Waals surface area contributed by atoms with Gasteiger partial charge in [0.05, 0.1) is 0 Å². The number of nitrogens with two attached hydrogens (primary N) is 1. The third-order valence-corrected chi connectivity index (χ3v) is 2.58. The Morgan fingerprint density at radius 3 is 2.33 bits per heavy atom. The zero-order valence-electron chi connectivity index (χ0n) is 9.97. The molecule has 1 aromatic carbocycles. The van der Waals surface area contributed by atoms with Crippen molar-refractivity contribution in [1.29, 1.82) is 0 Å². The molecule has 0 aliphatic carbocycles. The molecule has 2 heteroatoms. The van der Waals surface area contributed by atoms with Crippen molar-refractivity contribution < 1.29 is 4.39 Å². The first-order valence-corrected chi connectivity index (χ1v) is 5.44. The topological polar surface area (TPSA) is 26.0 Å². The summed E-state index contributed by atoms with van der Waals surface area (Å²) in [6.45, 7) is 8.02. The van der Waals surface area contributed by atoms with Gasteiger partial charge in [0, 0.05) is 11.6 Å². The minimum absolute atomic E-state index is 0.166. The summed E-state index contributed by atoms with van der Waals surface area (Å²) in [7, 11) is 0. The molecule has 84 valence electrons. The zero-order chi connectivity index (χ0) is 11.6. The molecule has 15 heavy (non-hydrogen) atoms. The highest BCUT2D eigenvalue weighted by Gasteiger charge is 2.15. The molecule has 0 bridgehead atoms. The van der Waals surface area contributed by atoms with Crippen molar-refractivity contribution in [2.75, 3.05) is 0 Å². The van der Waals surface area contributed by atoms with Crippen molar-refractivity contribution >= 4 is 0 Å². The maximum absolute atomic E-state index is 13.7. The average molecular weight is 209 g/mol. The Hall–Kier alpha value is -0.890. The van der Waals surface area contributed by atoms with Crippen LogP contribution in [0, 0.1) is 25.6 Å². The van der Waals surface area contributed by atoms with Gasteiger partial charge in [-0.15, -0.1) is 0 Å². The van der Waals surface area contributed by atoms with Crippen molar-refractivity contribution in [3.63, 3.8) is 0 Å². The molecule has 2 N–H and O–H groups in total. The number of aryl methyl sites for hydroxylation is 2. The lowest BCUT2D eigenvalue weighted by molar-refractivity contribution is 0.487. The highest BCUT2D eigenvalue weighted by molar-refractivity contribution is 5.34. The van der Waals surface area contributed by atoms with Crippen LogP contribution in [0.4, 0.5) is 4.39 Å². The molecule has 1 atom stereocenters. The van der Waals surface area contributed by atoms with Crippen molar-refractivity contribution in [2.45, 2.75) is 40.2 Å². The van der Waals surface area contributed by atoms with Crippen LogP contribution in [-0.4, -0.2) is 0 Å². The molecule has 0 heterocycles. The molecule has 1 unspecified atom stereocenters. The van der Waals surface area contributed by atoms with Crippen LogP contribution in [0.25, 0.3) is 0 Å². The van der Waals surface area contributed by atoms with Gasteiger partial charge in [-0.2, -0.15) is 0 Å². The normalized spacial score (nSPS) is 13.3. The third-order valence-electron chi connectivity index (χ3n) is 2.58. The molecule has 1 nitrogen and oxygen atoms in total. The minimum atomic E-state index is -0.189. The van der Waals surface area contributed by atoms with Crippen LogP contribution < -0.4 is 5.73 Å². The molecule has 0 aliphatic heterocycles. The summed E-state index contributed by atoms with van der Waals surface area (Å²) >= 11 is 0. The fourth-order valence-corrected chi connectivity index (χ4v) is 2.02. The summed E-state index contributed by atoms with van der Waals surface area (Å²) in [5.41, 5.74) is 8.59. The van der Waals surface area contributed by atoms with E-state index in [-0.39, 0.29) is 11.9 Å². The Morgan fingerprint density at radius 1 is 1.27 bits per heavy atom. The van der Waals surface area contributed by atoms with E-state index < -0.39 is 0 Å². The first kappa shape index (κ1) is 12.2. The number of hydrogen-bond acceptors (Lipinski definition) is 1. The van der Waals surface area contributed by atoms with Gasteiger partial charge < -0.3 is 5.73 Å². The molecule has 0 aromatic heterocycles. The summed E-state index contributed by atoms with van der Waals surface area (Å²) in [6, 6.07) is 3.35. The maximum atomic E-state index is 13.7. The van der Waals surface area contributed by atoms with Crippen LogP contribution in [0.3, 0.4) is 0 Å². The fraction of sp³-hybridized carbons (Fsp3) is 0.538. The van der Waals surface area contributed by atoms with Crippen LogP contribution in [0.5, 0.6) is 0 Å². The zero-order valence-corrected chi connectivity index (χ0v) is 9.97. The van der Waals surface area contributed by atoms with E-state index in [4.69, 9.17) is 5.73 Å². The van der Waals surface area contributed by atoms with Gasteiger partial charge in [-0.3, -0.25) is 0 Å².